The predicted molar refractivity (Wildman–Crippen MR) is 117 cm³/mol. The van der Waals surface area contributed by atoms with Crippen molar-refractivity contribution < 1.29 is 38.8 Å². The van der Waals surface area contributed by atoms with Crippen LogP contribution in [0.3, 0.4) is 0 Å². The minimum Gasteiger partial charge on any atom is -0.389 e. The van der Waals surface area contributed by atoms with Gasteiger partial charge < -0.3 is 45.7 Å². The SMILES string of the molecule is CNC1[C@@H](OC)C(O)C(NC(C)=O)[C@@H](O[C@H]2O[C@H](C(C)NC(C)=O)CC[C@H]2NC(C)=O)[C@@H]1O. The Balaban J connectivity index is 2.32. The van der Waals surface area contributed by atoms with Crippen molar-refractivity contribution in [2.24, 2.45) is 0 Å². The standard InChI is InChI=1S/C21H38N4O8/c1-9(23-10(2)26)14-8-7-13(24-11(3)27)21(32-14)33-20-16(25-12(4)28)18(30)19(31-6)15(22-5)17(20)29/h9,13-22,29-30H,7-8H2,1-6H3,(H,23,26)(H,24,27)(H,25,28)/t9?,13-,14+,15?,16?,17-,18?,19-,20-,21-/m1/s1. The van der Waals surface area contributed by atoms with Crippen LogP contribution in [0.1, 0.15) is 40.5 Å². The number of hydrogen-bond acceptors (Lipinski definition) is 9. The smallest absolute Gasteiger partial charge is 0.217 e. The summed E-state index contributed by atoms with van der Waals surface area (Å²) in [6.07, 6.45) is -4.61. The monoisotopic (exact) mass is 474 g/mol. The molecule has 0 aromatic heterocycles. The highest BCUT2D eigenvalue weighted by molar-refractivity contribution is 5.74. The van der Waals surface area contributed by atoms with Crippen molar-refractivity contribution >= 4 is 17.7 Å². The lowest BCUT2D eigenvalue weighted by molar-refractivity contribution is -0.268. The fourth-order valence-electron chi connectivity index (χ4n) is 4.69. The number of ether oxygens (including phenoxy) is 3. The first-order chi connectivity index (χ1) is 15.5. The summed E-state index contributed by atoms with van der Waals surface area (Å²) < 4.78 is 17.7. The van der Waals surface area contributed by atoms with Crippen molar-refractivity contribution in [3.8, 4) is 0 Å². The number of carbonyl (C=O) groups is 3. The molecule has 0 spiro atoms. The molecule has 1 heterocycles. The summed E-state index contributed by atoms with van der Waals surface area (Å²) in [6, 6.07) is -2.54. The Morgan fingerprint density at radius 2 is 1.55 bits per heavy atom. The lowest BCUT2D eigenvalue weighted by atomic mass is 9.81. The van der Waals surface area contributed by atoms with Gasteiger partial charge in [-0.15, -0.1) is 0 Å². The van der Waals surface area contributed by atoms with E-state index in [-0.39, 0.29) is 17.9 Å². The van der Waals surface area contributed by atoms with Crippen LogP contribution in [-0.4, -0.2) is 103 Å². The quantitative estimate of drug-likeness (QED) is 0.228. The minimum atomic E-state index is -1.19. The van der Waals surface area contributed by atoms with Crippen LogP contribution in [0.15, 0.2) is 0 Å². The molecule has 10 atom stereocenters. The van der Waals surface area contributed by atoms with Gasteiger partial charge in [0.15, 0.2) is 6.29 Å². The van der Waals surface area contributed by atoms with Gasteiger partial charge in [0, 0.05) is 27.9 Å². The second-order valence-electron chi connectivity index (χ2n) is 8.74. The van der Waals surface area contributed by atoms with Crippen LogP contribution in [-0.2, 0) is 28.6 Å². The highest BCUT2D eigenvalue weighted by Gasteiger charge is 2.52. The second-order valence-corrected chi connectivity index (χ2v) is 8.74. The number of likely N-dealkylation sites (N-methyl/N-ethyl adjacent to an activating group) is 1. The van der Waals surface area contributed by atoms with E-state index >= 15 is 0 Å². The van der Waals surface area contributed by atoms with Gasteiger partial charge in [-0.2, -0.15) is 0 Å². The Labute approximate surface area is 194 Å². The summed E-state index contributed by atoms with van der Waals surface area (Å²) in [4.78, 5) is 35.1. The third-order valence-electron chi connectivity index (χ3n) is 6.16. The maximum atomic E-state index is 11.9. The van der Waals surface area contributed by atoms with Crippen LogP contribution in [0.4, 0.5) is 0 Å². The van der Waals surface area contributed by atoms with Crippen LogP contribution >= 0.6 is 0 Å². The summed E-state index contributed by atoms with van der Waals surface area (Å²) in [5, 5.41) is 33.2. The summed E-state index contributed by atoms with van der Waals surface area (Å²) in [7, 11) is 3.02. The number of hydrogen-bond donors (Lipinski definition) is 6. The highest BCUT2D eigenvalue weighted by atomic mass is 16.7. The number of methoxy groups -OCH3 is 1. The molecular formula is C21H38N4O8. The number of nitrogens with one attached hydrogen (secondary N) is 4. The minimum absolute atomic E-state index is 0.202. The zero-order chi connectivity index (χ0) is 24.9. The molecule has 4 unspecified atom stereocenters. The Morgan fingerprint density at radius 1 is 0.939 bits per heavy atom. The topological polar surface area (TPSA) is 167 Å². The third kappa shape index (κ3) is 6.84. The Morgan fingerprint density at radius 3 is 2.06 bits per heavy atom. The number of aliphatic hydroxyl groups is 2. The van der Waals surface area contributed by atoms with Crippen molar-refractivity contribution in [2.45, 2.75) is 102 Å². The summed E-state index contributed by atoms with van der Waals surface area (Å²) in [6.45, 7) is 5.89. The van der Waals surface area contributed by atoms with Gasteiger partial charge in [0.25, 0.3) is 0 Å². The number of amides is 3. The first kappa shape index (κ1) is 27.4. The van der Waals surface area contributed by atoms with Crippen LogP contribution in [0.25, 0.3) is 0 Å². The van der Waals surface area contributed by atoms with Crippen LogP contribution < -0.4 is 21.3 Å². The van der Waals surface area contributed by atoms with E-state index in [0.717, 1.165) is 0 Å². The van der Waals surface area contributed by atoms with Gasteiger partial charge in [-0.3, -0.25) is 14.4 Å². The fourth-order valence-corrected chi connectivity index (χ4v) is 4.69. The van der Waals surface area contributed by atoms with Crippen molar-refractivity contribution in [3.05, 3.63) is 0 Å². The van der Waals surface area contributed by atoms with E-state index in [2.05, 4.69) is 21.3 Å². The van der Waals surface area contributed by atoms with Gasteiger partial charge in [-0.25, -0.2) is 0 Å². The number of carbonyl (C=O) groups excluding carboxylic acids is 3. The molecular weight excluding hydrogens is 436 g/mol. The number of rotatable bonds is 8. The Kier molecular flexibility index (Phi) is 10.0. The zero-order valence-electron chi connectivity index (χ0n) is 20.0. The molecule has 12 heteroatoms. The van der Waals surface area contributed by atoms with E-state index < -0.39 is 60.8 Å². The van der Waals surface area contributed by atoms with E-state index in [9.17, 15) is 24.6 Å². The first-order valence-corrected chi connectivity index (χ1v) is 11.2. The van der Waals surface area contributed by atoms with Crippen molar-refractivity contribution in [2.75, 3.05) is 14.2 Å². The van der Waals surface area contributed by atoms with Crippen LogP contribution in [0.2, 0.25) is 0 Å². The van der Waals surface area contributed by atoms with E-state index in [0.29, 0.717) is 12.8 Å². The van der Waals surface area contributed by atoms with Gasteiger partial charge in [-0.1, -0.05) is 0 Å². The zero-order valence-corrected chi connectivity index (χ0v) is 20.0. The molecule has 1 aliphatic heterocycles. The summed E-state index contributed by atoms with van der Waals surface area (Å²) >= 11 is 0. The molecule has 190 valence electrons. The lowest BCUT2D eigenvalue weighted by Crippen LogP contribution is -2.72. The van der Waals surface area contributed by atoms with E-state index in [4.69, 9.17) is 14.2 Å². The average molecular weight is 475 g/mol. The predicted octanol–water partition coefficient (Wildman–Crippen LogP) is -2.25. The maximum Gasteiger partial charge on any atom is 0.217 e. The summed E-state index contributed by atoms with van der Waals surface area (Å²) in [5.74, 6) is -0.898. The molecule has 33 heavy (non-hydrogen) atoms. The van der Waals surface area contributed by atoms with Gasteiger partial charge in [-0.05, 0) is 26.8 Å². The fraction of sp³-hybridized carbons (Fsp3) is 0.857. The van der Waals surface area contributed by atoms with Crippen molar-refractivity contribution in [3.63, 3.8) is 0 Å². The molecule has 0 aromatic rings. The lowest BCUT2D eigenvalue weighted by Gasteiger charge is -2.49. The molecule has 0 aromatic carbocycles. The van der Waals surface area contributed by atoms with E-state index in [1.165, 1.54) is 27.9 Å². The van der Waals surface area contributed by atoms with Crippen LogP contribution in [0, 0.1) is 0 Å². The Hall–Kier alpha value is -1.83. The molecule has 3 amide bonds. The molecule has 12 nitrogen and oxygen atoms in total. The first-order valence-electron chi connectivity index (χ1n) is 11.2. The van der Waals surface area contributed by atoms with Gasteiger partial charge in [0.05, 0.1) is 30.3 Å². The van der Waals surface area contributed by atoms with E-state index in [1.807, 2.05) is 0 Å². The Bertz CT molecular complexity index is 695. The van der Waals surface area contributed by atoms with Gasteiger partial charge in [0.1, 0.15) is 24.4 Å². The van der Waals surface area contributed by atoms with Crippen molar-refractivity contribution in [1.29, 1.82) is 0 Å². The molecule has 2 aliphatic rings. The highest BCUT2D eigenvalue weighted by Crippen LogP contribution is 2.30. The molecule has 1 aliphatic carbocycles. The van der Waals surface area contributed by atoms with Crippen molar-refractivity contribution in [1.82, 2.24) is 21.3 Å². The van der Waals surface area contributed by atoms with E-state index in [1.54, 1.807) is 14.0 Å². The molecule has 0 radical (unpaired) electrons. The number of aliphatic hydroxyl groups excluding tert-OH is 2. The maximum absolute atomic E-state index is 11.9. The molecule has 1 saturated carbocycles. The molecule has 2 rings (SSSR count). The molecule has 2 fully saturated rings. The molecule has 1 saturated heterocycles. The average Bonchev–Trinajstić information content (AvgIpc) is 2.72. The molecule has 6 N–H and O–H groups in total. The van der Waals surface area contributed by atoms with Gasteiger partial charge >= 0.3 is 0 Å². The molecule has 0 bridgehead atoms. The van der Waals surface area contributed by atoms with Gasteiger partial charge in [0.2, 0.25) is 17.7 Å². The third-order valence-corrected chi connectivity index (χ3v) is 6.16. The van der Waals surface area contributed by atoms with Crippen LogP contribution in [0.5, 0.6) is 0 Å². The summed E-state index contributed by atoms with van der Waals surface area (Å²) in [5.41, 5.74) is 0. The normalized spacial score (nSPS) is 37.6. The second kappa shape index (κ2) is 12.0. The largest absolute Gasteiger partial charge is 0.389 e.